The van der Waals surface area contributed by atoms with E-state index in [0.29, 0.717) is 5.56 Å². The molecule has 0 fully saturated rings. The summed E-state index contributed by atoms with van der Waals surface area (Å²) < 4.78 is 0. The molecule has 0 aromatic heterocycles. The van der Waals surface area contributed by atoms with E-state index in [-0.39, 0.29) is 23.5 Å². The number of carbonyl (C=O) groups is 1. The average Bonchev–Trinajstić information content (AvgIpc) is 2.15. The van der Waals surface area contributed by atoms with Crippen LogP contribution >= 0.6 is 0 Å². The van der Waals surface area contributed by atoms with E-state index in [1.165, 1.54) is 0 Å². The van der Waals surface area contributed by atoms with Crippen LogP contribution in [0.1, 0.15) is 36.7 Å². The molecule has 3 N–H and O–H groups in total. The molecular weight excluding hydrogens is 190 g/mol. The second-order valence-electron chi connectivity index (χ2n) is 4.61. The zero-order valence-electron chi connectivity index (χ0n) is 9.37. The first-order chi connectivity index (χ1) is 6.86. The van der Waals surface area contributed by atoms with Crippen LogP contribution in [0.15, 0.2) is 18.2 Å². The first-order valence-electron chi connectivity index (χ1n) is 4.93. The van der Waals surface area contributed by atoms with Gasteiger partial charge in [-0.15, -0.1) is 0 Å². The summed E-state index contributed by atoms with van der Waals surface area (Å²) >= 11 is 0. The maximum atomic E-state index is 11.4. The number of hydrogen-bond donors (Lipinski definition) is 2. The van der Waals surface area contributed by atoms with Gasteiger partial charge in [-0.2, -0.15) is 0 Å². The number of nitrogens with two attached hydrogens (primary N) is 1. The highest BCUT2D eigenvalue weighted by molar-refractivity contribution is 5.97. The van der Waals surface area contributed by atoms with Crippen molar-refractivity contribution in [2.45, 2.75) is 26.2 Å². The summed E-state index contributed by atoms with van der Waals surface area (Å²) in [5.41, 5.74) is 6.42. The molecule has 0 heterocycles. The number of carbonyl (C=O) groups excluding carboxylic acids is 1. The predicted octanol–water partition coefficient (Wildman–Crippen LogP) is 1.83. The van der Waals surface area contributed by atoms with Gasteiger partial charge in [-0.05, 0) is 29.2 Å². The van der Waals surface area contributed by atoms with Gasteiger partial charge in [0.1, 0.15) is 5.75 Å². The number of phenolic OH excluding ortho intramolecular Hbond substituents is 1. The SMILES string of the molecule is CC(C)(C)c1cc(C(=O)CN)ccc1O. The number of benzene rings is 1. The fourth-order valence-electron chi connectivity index (χ4n) is 1.43. The standard InChI is InChI=1S/C12H17NO2/c1-12(2,3)9-6-8(11(15)7-13)4-5-10(9)14/h4-6,14H,7,13H2,1-3H3. The van der Waals surface area contributed by atoms with Crippen LogP contribution in [0.4, 0.5) is 0 Å². The van der Waals surface area contributed by atoms with Crippen LogP contribution < -0.4 is 5.73 Å². The third-order valence-electron chi connectivity index (χ3n) is 2.31. The van der Waals surface area contributed by atoms with E-state index in [4.69, 9.17) is 5.73 Å². The number of rotatable bonds is 2. The quantitative estimate of drug-likeness (QED) is 0.727. The van der Waals surface area contributed by atoms with Crippen molar-refractivity contribution in [3.63, 3.8) is 0 Å². The minimum Gasteiger partial charge on any atom is -0.508 e. The molecule has 0 aliphatic rings. The summed E-state index contributed by atoms with van der Waals surface area (Å²) in [7, 11) is 0. The molecule has 0 spiro atoms. The molecule has 0 radical (unpaired) electrons. The van der Waals surface area contributed by atoms with Crippen molar-refractivity contribution in [1.82, 2.24) is 0 Å². The zero-order valence-corrected chi connectivity index (χ0v) is 9.37. The van der Waals surface area contributed by atoms with Crippen LogP contribution in [0, 0.1) is 0 Å². The molecule has 0 bridgehead atoms. The Hall–Kier alpha value is -1.35. The lowest BCUT2D eigenvalue weighted by Crippen LogP contribution is -2.16. The summed E-state index contributed by atoms with van der Waals surface area (Å²) in [6, 6.07) is 4.85. The Balaban J connectivity index is 3.23. The molecule has 0 aliphatic heterocycles. The highest BCUT2D eigenvalue weighted by Gasteiger charge is 2.19. The number of Topliss-reactive ketones (excluding diaryl/α,β-unsaturated/α-hetero) is 1. The fraction of sp³-hybridized carbons (Fsp3) is 0.417. The van der Waals surface area contributed by atoms with Crippen molar-refractivity contribution in [2.75, 3.05) is 6.54 Å². The van der Waals surface area contributed by atoms with Crippen molar-refractivity contribution in [3.8, 4) is 5.75 Å². The molecule has 82 valence electrons. The first-order valence-corrected chi connectivity index (χ1v) is 4.93. The minimum absolute atomic E-state index is 0.00560. The van der Waals surface area contributed by atoms with Crippen LogP contribution in [0.2, 0.25) is 0 Å². The van der Waals surface area contributed by atoms with Gasteiger partial charge in [-0.3, -0.25) is 4.79 Å². The molecule has 0 aliphatic carbocycles. The van der Waals surface area contributed by atoms with Crippen LogP contribution in [0.25, 0.3) is 0 Å². The Morgan fingerprint density at radius 2 is 2.00 bits per heavy atom. The fourth-order valence-corrected chi connectivity index (χ4v) is 1.43. The molecule has 0 saturated carbocycles. The summed E-state index contributed by atoms with van der Waals surface area (Å²) in [6.45, 7) is 5.95. The lowest BCUT2D eigenvalue weighted by Gasteiger charge is -2.20. The third kappa shape index (κ3) is 2.57. The Bertz CT molecular complexity index is 378. The molecule has 1 rings (SSSR count). The number of hydrogen-bond acceptors (Lipinski definition) is 3. The monoisotopic (exact) mass is 207 g/mol. The summed E-state index contributed by atoms with van der Waals surface area (Å²) in [5.74, 6) is 0.108. The van der Waals surface area contributed by atoms with E-state index in [9.17, 15) is 9.90 Å². The van der Waals surface area contributed by atoms with Gasteiger partial charge in [0.15, 0.2) is 5.78 Å². The predicted molar refractivity (Wildman–Crippen MR) is 60.2 cm³/mol. The molecule has 0 saturated heterocycles. The van der Waals surface area contributed by atoms with E-state index in [2.05, 4.69) is 0 Å². The Morgan fingerprint density at radius 3 is 2.47 bits per heavy atom. The van der Waals surface area contributed by atoms with Gasteiger partial charge in [-0.25, -0.2) is 0 Å². The number of aromatic hydroxyl groups is 1. The van der Waals surface area contributed by atoms with Crippen molar-refractivity contribution in [2.24, 2.45) is 5.73 Å². The largest absolute Gasteiger partial charge is 0.508 e. The lowest BCUT2D eigenvalue weighted by atomic mass is 9.85. The molecule has 0 amide bonds. The van der Waals surface area contributed by atoms with Crippen LogP contribution in [-0.4, -0.2) is 17.4 Å². The number of ketones is 1. The Kier molecular flexibility index (Phi) is 3.15. The Labute approximate surface area is 89.9 Å². The average molecular weight is 207 g/mol. The topological polar surface area (TPSA) is 63.3 Å². The number of phenols is 1. The third-order valence-corrected chi connectivity index (χ3v) is 2.31. The van der Waals surface area contributed by atoms with E-state index in [1.807, 2.05) is 20.8 Å². The second kappa shape index (κ2) is 4.03. The maximum Gasteiger partial charge on any atom is 0.176 e. The molecule has 1 aromatic rings. The van der Waals surface area contributed by atoms with Crippen LogP contribution in [0.3, 0.4) is 0 Å². The molecular formula is C12H17NO2. The van der Waals surface area contributed by atoms with Gasteiger partial charge in [0.25, 0.3) is 0 Å². The highest BCUT2D eigenvalue weighted by Crippen LogP contribution is 2.31. The summed E-state index contributed by atoms with van der Waals surface area (Å²) in [4.78, 5) is 11.4. The van der Waals surface area contributed by atoms with Crippen molar-refractivity contribution in [3.05, 3.63) is 29.3 Å². The zero-order chi connectivity index (χ0) is 11.6. The second-order valence-corrected chi connectivity index (χ2v) is 4.61. The van der Waals surface area contributed by atoms with Crippen LogP contribution in [0.5, 0.6) is 5.75 Å². The summed E-state index contributed by atoms with van der Waals surface area (Å²) in [6.07, 6.45) is 0. The molecule has 3 heteroatoms. The van der Waals surface area contributed by atoms with Gasteiger partial charge in [0.05, 0.1) is 6.54 Å². The molecule has 15 heavy (non-hydrogen) atoms. The maximum absolute atomic E-state index is 11.4. The summed E-state index contributed by atoms with van der Waals surface area (Å²) in [5, 5.41) is 9.68. The molecule has 0 atom stereocenters. The Morgan fingerprint density at radius 1 is 1.40 bits per heavy atom. The van der Waals surface area contributed by atoms with E-state index in [0.717, 1.165) is 5.56 Å². The molecule has 3 nitrogen and oxygen atoms in total. The minimum atomic E-state index is -0.186. The van der Waals surface area contributed by atoms with Crippen LogP contribution in [-0.2, 0) is 5.41 Å². The first kappa shape index (κ1) is 11.7. The van der Waals surface area contributed by atoms with Gasteiger partial charge in [0.2, 0.25) is 0 Å². The van der Waals surface area contributed by atoms with E-state index < -0.39 is 0 Å². The van der Waals surface area contributed by atoms with Gasteiger partial charge < -0.3 is 10.8 Å². The lowest BCUT2D eigenvalue weighted by molar-refractivity contribution is 0.100. The highest BCUT2D eigenvalue weighted by atomic mass is 16.3. The van der Waals surface area contributed by atoms with Gasteiger partial charge in [-0.1, -0.05) is 20.8 Å². The van der Waals surface area contributed by atoms with Gasteiger partial charge >= 0.3 is 0 Å². The molecule has 0 unspecified atom stereocenters. The van der Waals surface area contributed by atoms with Crippen molar-refractivity contribution < 1.29 is 9.90 Å². The normalized spacial score (nSPS) is 11.5. The van der Waals surface area contributed by atoms with Crippen molar-refractivity contribution in [1.29, 1.82) is 0 Å². The van der Waals surface area contributed by atoms with E-state index in [1.54, 1.807) is 18.2 Å². The van der Waals surface area contributed by atoms with Gasteiger partial charge in [0, 0.05) is 5.56 Å². The van der Waals surface area contributed by atoms with E-state index >= 15 is 0 Å². The smallest absolute Gasteiger partial charge is 0.176 e. The van der Waals surface area contributed by atoms with Crippen molar-refractivity contribution >= 4 is 5.78 Å². The molecule has 1 aromatic carbocycles.